The number of hydrogen-bond donors (Lipinski definition) is 2. The van der Waals surface area contributed by atoms with Crippen LogP contribution in [0.4, 0.5) is 10.2 Å². The number of aromatic amines is 1. The molecule has 2 N–H and O–H groups in total. The van der Waals surface area contributed by atoms with Gasteiger partial charge in [-0.15, -0.1) is 0 Å². The van der Waals surface area contributed by atoms with E-state index in [2.05, 4.69) is 36.5 Å². The van der Waals surface area contributed by atoms with Crippen LogP contribution < -0.4 is 10.2 Å². The van der Waals surface area contributed by atoms with Crippen molar-refractivity contribution in [3.8, 4) is 0 Å². The number of nitrogens with one attached hydrogen (secondary N) is 2. The third-order valence-corrected chi connectivity index (χ3v) is 5.36. The number of fused-ring (bicyclic) bond motifs is 2. The Kier molecular flexibility index (Phi) is 4.55. The van der Waals surface area contributed by atoms with Crippen LogP contribution in [0.1, 0.15) is 21.5 Å². The van der Waals surface area contributed by atoms with Crippen molar-refractivity contribution in [1.29, 1.82) is 0 Å². The monoisotopic (exact) mass is 403 g/mol. The first kappa shape index (κ1) is 18.2. The fourth-order valence-electron chi connectivity index (χ4n) is 3.88. The van der Waals surface area contributed by atoms with Gasteiger partial charge < -0.3 is 10.2 Å². The summed E-state index contributed by atoms with van der Waals surface area (Å²) in [6.45, 7) is 0.818. The maximum absolute atomic E-state index is 14.4. The number of amides is 1. The van der Waals surface area contributed by atoms with Gasteiger partial charge in [0.25, 0.3) is 11.9 Å². The van der Waals surface area contributed by atoms with E-state index < -0.39 is 5.95 Å². The summed E-state index contributed by atoms with van der Waals surface area (Å²) in [6, 6.07) is 9.52. The third-order valence-electron chi connectivity index (χ3n) is 5.36. The Hall–Kier alpha value is -3.88. The molecule has 3 aromatic heterocycles. The number of carbonyl (C=O) groups excluding carboxylic acids is 1. The van der Waals surface area contributed by atoms with Crippen LogP contribution in [0.15, 0.2) is 55.1 Å². The van der Waals surface area contributed by atoms with E-state index in [-0.39, 0.29) is 17.8 Å². The van der Waals surface area contributed by atoms with Gasteiger partial charge >= 0.3 is 0 Å². The van der Waals surface area contributed by atoms with E-state index in [0.717, 1.165) is 5.56 Å². The summed E-state index contributed by atoms with van der Waals surface area (Å²) in [4.78, 5) is 26.8. The number of benzene rings is 1. The molecule has 1 amide bonds. The number of halogens is 1. The second-order valence-corrected chi connectivity index (χ2v) is 7.13. The van der Waals surface area contributed by atoms with Crippen LogP contribution in [-0.2, 0) is 13.0 Å². The summed E-state index contributed by atoms with van der Waals surface area (Å²) in [6.07, 6.45) is 6.60. The molecular weight excluding hydrogens is 385 g/mol. The number of pyridine rings is 1. The van der Waals surface area contributed by atoms with Crippen molar-refractivity contribution in [2.75, 3.05) is 11.4 Å². The Morgan fingerprint density at radius 3 is 2.83 bits per heavy atom. The van der Waals surface area contributed by atoms with Gasteiger partial charge in [-0.05, 0) is 23.6 Å². The summed E-state index contributed by atoms with van der Waals surface area (Å²) in [5.74, 6) is -0.669. The predicted molar refractivity (Wildman–Crippen MR) is 108 cm³/mol. The summed E-state index contributed by atoms with van der Waals surface area (Å²) in [7, 11) is 0. The van der Waals surface area contributed by atoms with Gasteiger partial charge in [-0.1, -0.05) is 24.3 Å². The summed E-state index contributed by atoms with van der Waals surface area (Å²) in [5.41, 5.74) is 3.33. The fourth-order valence-corrected chi connectivity index (χ4v) is 3.88. The van der Waals surface area contributed by atoms with E-state index in [1.165, 1.54) is 18.0 Å². The normalized spacial score (nSPS) is 15.8. The van der Waals surface area contributed by atoms with Gasteiger partial charge in [0.1, 0.15) is 0 Å². The molecule has 0 saturated carbocycles. The molecule has 5 rings (SSSR count). The zero-order valence-electron chi connectivity index (χ0n) is 15.9. The molecule has 9 heteroatoms. The maximum atomic E-state index is 14.4. The van der Waals surface area contributed by atoms with Crippen molar-refractivity contribution < 1.29 is 9.18 Å². The average molecular weight is 403 g/mol. The van der Waals surface area contributed by atoms with Gasteiger partial charge in [0.05, 0.1) is 23.2 Å². The third kappa shape index (κ3) is 3.24. The second kappa shape index (κ2) is 7.51. The molecule has 4 heterocycles. The van der Waals surface area contributed by atoms with Gasteiger partial charge in [0.2, 0.25) is 0 Å². The molecular formula is C21H18FN7O. The van der Waals surface area contributed by atoms with Crippen LogP contribution in [0, 0.1) is 5.95 Å². The van der Waals surface area contributed by atoms with E-state index in [0.29, 0.717) is 36.1 Å². The lowest BCUT2D eigenvalue weighted by atomic mass is 9.94. The highest BCUT2D eigenvalue weighted by molar-refractivity contribution is 6.05. The smallest absolute Gasteiger partial charge is 0.255 e. The van der Waals surface area contributed by atoms with Gasteiger partial charge in [0.15, 0.2) is 11.5 Å². The van der Waals surface area contributed by atoms with Crippen molar-refractivity contribution in [2.45, 2.75) is 19.0 Å². The lowest BCUT2D eigenvalue weighted by molar-refractivity contribution is 0.0952. The van der Waals surface area contributed by atoms with E-state index >= 15 is 0 Å². The second-order valence-electron chi connectivity index (χ2n) is 7.13. The standard InChI is InChI=1S/C21H18FN7O/c22-18-20(25-8-7-23-18)29-12-14-4-2-1-3-13(14)9-15(29)10-26-21(30)16-5-6-24-19-17(16)11-27-28-19/h1-8,11,15H,9-10,12H2,(H,26,30)(H,24,27,28). The summed E-state index contributed by atoms with van der Waals surface area (Å²) < 4.78 is 14.4. The van der Waals surface area contributed by atoms with Crippen molar-refractivity contribution in [1.82, 2.24) is 30.5 Å². The summed E-state index contributed by atoms with van der Waals surface area (Å²) >= 11 is 0. The number of rotatable bonds is 4. The first-order valence-electron chi connectivity index (χ1n) is 9.57. The first-order chi connectivity index (χ1) is 14.7. The molecule has 1 aromatic carbocycles. The van der Waals surface area contributed by atoms with E-state index in [1.807, 2.05) is 23.1 Å². The Morgan fingerprint density at radius 1 is 1.13 bits per heavy atom. The van der Waals surface area contributed by atoms with E-state index in [1.54, 1.807) is 18.5 Å². The van der Waals surface area contributed by atoms with Crippen LogP contribution in [0.25, 0.3) is 11.0 Å². The van der Waals surface area contributed by atoms with Gasteiger partial charge in [-0.25, -0.2) is 15.0 Å². The molecule has 0 saturated heterocycles. The van der Waals surface area contributed by atoms with Crippen LogP contribution >= 0.6 is 0 Å². The zero-order chi connectivity index (χ0) is 20.5. The Labute approximate surface area is 171 Å². The molecule has 8 nitrogen and oxygen atoms in total. The molecule has 0 radical (unpaired) electrons. The quantitative estimate of drug-likeness (QED) is 0.542. The number of nitrogens with zero attached hydrogens (tertiary/aromatic N) is 5. The molecule has 1 atom stereocenters. The van der Waals surface area contributed by atoms with Gasteiger partial charge in [-0.2, -0.15) is 9.49 Å². The SMILES string of the molecule is O=C(NCC1Cc2ccccc2CN1c1nccnc1F)c1ccnc2[nH]ncc12. The van der Waals surface area contributed by atoms with E-state index in [9.17, 15) is 9.18 Å². The topological polar surface area (TPSA) is 99.7 Å². The minimum atomic E-state index is -0.623. The highest BCUT2D eigenvalue weighted by Crippen LogP contribution is 2.28. The molecule has 150 valence electrons. The molecule has 0 aliphatic carbocycles. The Balaban J connectivity index is 1.42. The Bertz CT molecular complexity index is 1220. The lowest BCUT2D eigenvalue weighted by Crippen LogP contribution is -2.48. The van der Waals surface area contributed by atoms with Crippen molar-refractivity contribution >= 4 is 22.8 Å². The minimum absolute atomic E-state index is 0.170. The van der Waals surface area contributed by atoms with Crippen LogP contribution in [0.3, 0.4) is 0 Å². The zero-order valence-corrected chi connectivity index (χ0v) is 15.9. The number of aromatic nitrogens is 5. The molecule has 1 aliphatic rings. The van der Waals surface area contributed by atoms with Crippen LogP contribution in [0.2, 0.25) is 0 Å². The van der Waals surface area contributed by atoms with Crippen LogP contribution in [0.5, 0.6) is 0 Å². The van der Waals surface area contributed by atoms with Crippen LogP contribution in [-0.4, -0.2) is 43.6 Å². The molecule has 30 heavy (non-hydrogen) atoms. The molecule has 4 aromatic rings. The van der Waals surface area contributed by atoms with Crippen molar-refractivity contribution in [3.63, 3.8) is 0 Å². The largest absolute Gasteiger partial charge is 0.350 e. The van der Waals surface area contributed by atoms with Crippen molar-refractivity contribution in [2.24, 2.45) is 0 Å². The summed E-state index contributed by atoms with van der Waals surface area (Å²) in [5, 5.41) is 10.3. The van der Waals surface area contributed by atoms with E-state index in [4.69, 9.17) is 0 Å². The van der Waals surface area contributed by atoms with Gasteiger partial charge in [-0.3, -0.25) is 9.89 Å². The van der Waals surface area contributed by atoms with Gasteiger partial charge in [0, 0.05) is 31.7 Å². The number of carbonyl (C=O) groups is 1. The first-order valence-corrected chi connectivity index (χ1v) is 9.57. The molecule has 0 bridgehead atoms. The Morgan fingerprint density at radius 2 is 1.97 bits per heavy atom. The molecule has 1 unspecified atom stereocenters. The molecule has 0 fully saturated rings. The lowest BCUT2D eigenvalue weighted by Gasteiger charge is -2.37. The number of anilines is 1. The highest BCUT2D eigenvalue weighted by Gasteiger charge is 2.29. The fraction of sp³-hybridized carbons (Fsp3) is 0.190. The average Bonchev–Trinajstić information content (AvgIpc) is 3.26. The number of hydrogen-bond acceptors (Lipinski definition) is 6. The minimum Gasteiger partial charge on any atom is -0.350 e. The predicted octanol–water partition coefficient (Wildman–Crippen LogP) is 2.25. The molecule has 0 spiro atoms. The number of H-pyrrole nitrogens is 1. The maximum Gasteiger partial charge on any atom is 0.255 e. The van der Waals surface area contributed by atoms with Crippen molar-refractivity contribution in [3.05, 3.63) is 77.8 Å². The highest BCUT2D eigenvalue weighted by atomic mass is 19.1. The molecule has 1 aliphatic heterocycles.